The van der Waals surface area contributed by atoms with E-state index >= 15 is 0 Å². The molecule has 100 valence electrons. The second kappa shape index (κ2) is 6.95. The maximum absolute atomic E-state index is 13.6. The van der Waals surface area contributed by atoms with E-state index in [0.29, 0.717) is 23.9 Å². The highest BCUT2D eigenvalue weighted by Gasteiger charge is 2.21. The molecule has 5 heteroatoms. The third-order valence-corrected chi connectivity index (χ3v) is 3.08. The van der Waals surface area contributed by atoms with Gasteiger partial charge in [0.15, 0.2) is 0 Å². The molecule has 0 unspecified atom stereocenters. The van der Waals surface area contributed by atoms with Crippen molar-refractivity contribution in [2.45, 2.75) is 26.3 Å². The van der Waals surface area contributed by atoms with E-state index in [0.717, 1.165) is 0 Å². The highest BCUT2D eigenvalue weighted by Crippen LogP contribution is 2.18. The summed E-state index contributed by atoms with van der Waals surface area (Å²) in [6.07, 6.45) is 0.674. The Labute approximate surface area is 117 Å². The molecule has 0 aliphatic rings. The highest BCUT2D eigenvalue weighted by molar-refractivity contribution is 6.31. The van der Waals surface area contributed by atoms with E-state index in [9.17, 15) is 9.18 Å². The zero-order valence-electron chi connectivity index (χ0n) is 10.4. The normalized spacial score (nSPS) is 10.8. The van der Waals surface area contributed by atoms with E-state index in [1.54, 1.807) is 4.90 Å². The topological polar surface area (TPSA) is 20.3 Å². The molecule has 0 aliphatic carbocycles. The van der Waals surface area contributed by atoms with Gasteiger partial charge in [0.25, 0.3) is 5.91 Å². The molecule has 1 rings (SSSR count). The Bertz CT molecular complexity index is 423. The molecule has 1 aromatic carbocycles. The van der Waals surface area contributed by atoms with E-state index in [2.05, 4.69) is 0 Å². The zero-order valence-corrected chi connectivity index (χ0v) is 11.9. The number of nitrogens with zero attached hydrogens (tertiary/aromatic N) is 1. The molecule has 0 saturated heterocycles. The fourth-order valence-corrected chi connectivity index (χ4v) is 1.93. The van der Waals surface area contributed by atoms with Gasteiger partial charge in [-0.15, -0.1) is 11.6 Å². The van der Waals surface area contributed by atoms with Gasteiger partial charge in [-0.25, -0.2) is 4.39 Å². The Hall–Kier alpha value is -0.800. The van der Waals surface area contributed by atoms with Crippen LogP contribution in [0.5, 0.6) is 0 Å². The number of rotatable bonds is 5. The summed E-state index contributed by atoms with van der Waals surface area (Å²) in [4.78, 5) is 13.8. The minimum Gasteiger partial charge on any atom is -0.336 e. The van der Waals surface area contributed by atoms with Crippen molar-refractivity contribution in [2.24, 2.45) is 0 Å². The minimum atomic E-state index is -0.555. The van der Waals surface area contributed by atoms with Gasteiger partial charge in [0.1, 0.15) is 5.82 Å². The summed E-state index contributed by atoms with van der Waals surface area (Å²) in [5.74, 6) is -0.440. The Morgan fingerprint density at radius 1 is 1.44 bits per heavy atom. The van der Waals surface area contributed by atoms with Crippen molar-refractivity contribution < 1.29 is 9.18 Å². The van der Waals surface area contributed by atoms with Crippen LogP contribution in [0.4, 0.5) is 4.39 Å². The van der Waals surface area contributed by atoms with Gasteiger partial charge in [0, 0.05) is 23.5 Å². The zero-order chi connectivity index (χ0) is 13.7. The van der Waals surface area contributed by atoms with Crippen LogP contribution in [0.1, 0.15) is 30.6 Å². The Balaban J connectivity index is 2.98. The van der Waals surface area contributed by atoms with Crippen molar-refractivity contribution in [3.05, 3.63) is 34.6 Å². The van der Waals surface area contributed by atoms with E-state index in [1.807, 2.05) is 13.8 Å². The van der Waals surface area contributed by atoms with Gasteiger partial charge in [0.05, 0.1) is 5.56 Å². The van der Waals surface area contributed by atoms with Crippen LogP contribution in [0.2, 0.25) is 5.02 Å². The van der Waals surface area contributed by atoms with Crippen LogP contribution in [-0.4, -0.2) is 29.3 Å². The second-order valence-electron chi connectivity index (χ2n) is 4.26. The summed E-state index contributed by atoms with van der Waals surface area (Å²) >= 11 is 11.4. The molecule has 1 amide bonds. The van der Waals surface area contributed by atoms with Crippen LogP contribution < -0.4 is 0 Å². The van der Waals surface area contributed by atoms with Crippen molar-refractivity contribution in [3.8, 4) is 0 Å². The first-order valence-electron chi connectivity index (χ1n) is 5.79. The standard InChI is InChI=1S/C13H16Cl2FNO/c1-9(2)17(7-3-6-14)13(18)11-8-10(15)4-5-12(11)16/h4-5,8-9H,3,6-7H2,1-2H3. The summed E-state index contributed by atoms with van der Waals surface area (Å²) in [6.45, 7) is 4.27. The number of hydrogen-bond donors (Lipinski definition) is 0. The lowest BCUT2D eigenvalue weighted by Crippen LogP contribution is -2.38. The Kier molecular flexibility index (Phi) is 5.89. The first kappa shape index (κ1) is 15.3. The molecule has 0 radical (unpaired) electrons. The lowest BCUT2D eigenvalue weighted by molar-refractivity contribution is 0.0701. The first-order valence-corrected chi connectivity index (χ1v) is 6.70. The van der Waals surface area contributed by atoms with E-state index < -0.39 is 5.82 Å². The average Bonchev–Trinajstić information content (AvgIpc) is 2.32. The molecule has 18 heavy (non-hydrogen) atoms. The summed E-state index contributed by atoms with van der Waals surface area (Å²) in [5, 5.41) is 0.348. The van der Waals surface area contributed by atoms with Crippen LogP contribution in [-0.2, 0) is 0 Å². The predicted molar refractivity (Wildman–Crippen MR) is 72.9 cm³/mol. The molecule has 0 spiro atoms. The molecule has 0 heterocycles. The second-order valence-corrected chi connectivity index (χ2v) is 5.07. The Morgan fingerprint density at radius 3 is 2.67 bits per heavy atom. The SMILES string of the molecule is CC(C)N(CCCCl)C(=O)c1cc(Cl)ccc1F. The van der Waals surface area contributed by atoms with Gasteiger partial charge in [-0.1, -0.05) is 11.6 Å². The van der Waals surface area contributed by atoms with E-state index in [-0.39, 0.29) is 17.5 Å². The van der Waals surface area contributed by atoms with E-state index in [1.165, 1.54) is 18.2 Å². The van der Waals surface area contributed by atoms with Crippen LogP contribution in [0, 0.1) is 5.82 Å². The van der Waals surface area contributed by atoms with Gasteiger partial charge >= 0.3 is 0 Å². The smallest absolute Gasteiger partial charge is 0.257 e. The van der Waals surface area contributed by atoms with Crippen molar-refractivity contribution >= 4 is 29.1 Å². The molecule has 0 aliphatic heterocycles. The maximum Gasteiger partial charge on any atom is 0.257 e. The van der Waals surface area contributed by atoms with Crippen LogP contribution >= 0.6 is 23.2 Å². The number of alkyl halides is 1. The lowest BCUT2D eigenvalue weighted by Gasteiger charge is -2.26. The van der Waals surface area contributed by atoms with Crippen molar-refractivity contribution in [1.82, 2.24) is 4.90 Å². The Morgan fingerprint density at radius 2 is 2.11 bits per heavy atom. The minimum absolute atomic E-state index is 0.00534. The van der Waals surface area contributed by atoms with Crippen LogP contribution in [0.15, 0.2) is 18.2 Å². The van der Waals surface area contributed by atoms with Gasteiger partial charge in [-0.3, -0.25) is 4.79 Å². The van der Waals surface area contributed by atoms with Crippen molar-refractivity contribution in [3.63, 3.8) is 0 Å². The van der Waals surface area contributed by atoms with E-state index in [4.69, 9.17) is 23.2 Å². The van der Waals surface area contributed by atoms with Gasteiger partial charge in [-0.05, 0) is 38.5 Å². The van der Waals surface area contributed by atoms with Crippen molar-refractivity contribution in [2.75, 3.05) is 12.4 Å². The van der Waals surface area contributed by atoms with Crippen LogP contribution in [0.25, 0.3) is 0 Å². The third-order valence-electron chi connectivity index (χ3n) is 2.58. The summed E-state index contributed by atoms with van der Waals surface area (Å²) in [6, 6.07) is 3.97. The molecule has 2 nitrogen and oxygen atoms in total. The molecule has 0 atom stereocenters. The summed E-state index contributed by atoms with van der Waals surface area (Å²) < 4.78 is 13.6. The monoisotopic (exact) mass is 291 g/mol. The highest BCUT2D eigenvalue weighted by atomic mass is 35.5. The maximum atomic E-state index is 13.6. The predicted octanol–water partition coefficient (Wildman–Crippen LogP) is 3.96. The lowest BCUT2D eigenvalue weighted by atomic mass is 10.1. The number of carbonyl (C=O) groups excluding carboxylic acids is 1. The van der Waals surface area contributed by atoms with Gasteiger partial charge in [-0.2, -0.15) is 0 Å². The molecular formula is C13H16Cl2FNO. The molecule has 1 aromatic rings. The summed E-state index contributed by atoms with van der Waals surface area (Å²) in [7, 11) is 0. The fraction of sp³-hybridized carbons (Fsp3) is 0.462. The quantitative estimate of drug-likeness (QED) is 0.752. The molecule has 0 bridgehead atoms. The number of benzene rings is 1. The molecule has 0 fully saturated rings. The number of hydrogen-bond acceptors (Lipinski definition) is 1. The van der Waals surface area contributed by atoms with Crippen molar-refractivity contribution in [1.29, 1.82) is 0 Å². The number of amides is 1. The summed E-state index contributed by atoms with van der Waals surface area (Å²) in [5.41, 5.74) is 0.00534. The van der Waals surface area contributed by atoms with Crippen LogP contribution in [0.3, 0.4) is 0 Å². The molecule has 0 aromatic heterocycles. The third kappa shape index (κ3) is 3.85. The van der Waals surface area contributed by atoms with Gasteiger partial charge in [0.2, 0.25) is 0 Å². The fourth-order valence-electron chi connectivity index (χ4n) is 1.64. The molecule has 0 saturated carbocycles. The number of carbonyl (C=O) groups is 1. The average molecular weight is 292 g/mol. The number of halogens is 3. The van der Waals surface area contributed by atoms with Gasteiger partial charge < -0.3 is 4.90 Å². The largest absolute Gasteiger partial charge is 0.336 e. The molecular weight excluding hydrogens is 276 g/mol. The first-order chi connectivity index (χ1) is 8.47. The molecule has 0 N–H and O–H groups in total.